The van der Waals surface area contributed by atoms with E-state index in [1.807, 2.05) is 0 Å². The van der Waals surface area contributed by atoms with Crippen LogP contribution in [0.15, 0.2) is 16.6 Å². The summed E-state index contributed by atoms with van der Waals surface area (Å²) < 4.78 is 13.7. The lowest BCUT2D eigenvalue weighted by Gasteiger charge is -2.27. The number of aryl methyl sites for hydroxylation is 1. The van der Waals surface area contributed by atoms with E-state index in [0.717, 1.165) is 18.4 Å². The van der Waals surface area contributed by atoms with Crippen molar-refractivity contribution in [3.63, 3.8) is 0 Å². The molecule has 0 aliphatic carbocycles. The van der Waals surface area contributed by atoms with Crippen LogP contribution in [0.3, 0.4) is 0 Å². The quantitative estimate of drug-likeness (QED) is 0.790. The van der Waals surface area contributed by atoms with Crippen LogP contribution in [0.25, 0.3) is 0 Å². The fraction of sp³-hybridized carbons (Fsp3) is 0.300. The van der Waals surface area contributed by atoms with Crippen molar-refractivity contribution >= 4 is 27.7 Å². The van der Waals surface area contributed by atoms with Crippen LogP contribution in [0.2, 0.25) is 0 Å². The van der Waals surface area contributed by atoms with E-state index in [9.17, 15) is 9.18 Å². The number of nitrogens with zero attached hydrogens (tertiary/aromatic N) is 1. The van der Waals surface area contributed by atoms with E-state index in [4.69, 9.17) is 5.11 Å². The van der Waals surface area contributed by atoms with Crippen LogP contribution in [-0.2, 0) is 6.42 Å². The molecule has 0 saturated heterocycles. The van der Waals surface area contributed by atoms with Crippen LogP contribution < -0.4 is 4.90 Å². The Hall–Kier alpha value is -1.10. The molecule has 80 valence electrons. The first-order valence-corrected chi connectivity index (χ1v) is 5.37. The molecule has 1 aliphatic heterocycles. The van der Waals surface area contributed by atoms with Gasteiger partial charge in [0.1, 0.15) is 5.82 Å². The molecule has 0 aromatic heterocycles. The molecular formula is C10H9BrFNO2. The molecule has 0 spiro atoms. The Labute approximate surface area is 94.6 Å². The molecule has 0 unspecified atom stereocenters. The Morgan fingerprint density at radius 2 is 2.27 bits per heavy atom. The number of rotatable bonds is 0. The Bertz CT molecular complexity index is 422. The van der Waals surface area contributed by atoms with Crippen molar-refractivity contribution < 1.29 is 14.3 Å². The second kappa shape index (κ2) is 3.81. The van der Waals surface area contributed by atoms with Gasteiger partial charge in [-0.1, -0.05) is 0 Å². The largest absolute Gasteiger partial charge is 0.465 e. The summed E-state index contributed by atoms with van der Waals surface area (Å²) in [6.07, 6.45) is 0.535. The SMILES string of the molecule is O=C(O)N1CCCc2cc(Br)c(F)cc21. The Morgan fingerprint density at radius 1 is 1.53 bits per heavy atom. The summed E-state index contributed by atoms with van der Waals surface area (Å²) in [6, 6.07) is 2.92. The minimum Gasteiger partial charge on any atom is -0.465 e. The molecule has 1 amide bonds. The van der Waals surface area contributed by atoms with Gasteiger partial charge < -0.3 is 5.11 Å². The normalized spacial score (nSPS) is 14.9. The Kier molecular flexibility index (Phi) is 2.65. The van der Waals surface area contributed by atoms with Gasteiger partial charge in [0.15, 0.2) is 0 Å². The molecule has 1 heterocycles. The van der Waals surface area contributed by atoms with Crippen LogP contribution in [-0.4, -0.2) is 17.7 Å². The molecule has 1 N–H and O–H groups in total. The van der Waals surface area contributed by atoms with Gasteiger partial charge in [-0.05, 0) is 46.5 Å². The molecule has 0 atom stereocenters. The number of hydrogen-bond acceptors (Lipinski definition) is 1. The molecule has 5 heteroatoms. The van der Waals surface area contributed by atoms with Gasteiger partial charge in [-0.3, -0.25) is 4.90 Å². The zero-order chi connectivity index (χ0) is 11.0. The number of fused-ring (bicyclic) bond motifs is 1. The summed E-state index contributed by atoms with van der Waals surface area (Å²) in [6.45, 7) is 0.434. The second-order valence-corrected chi connectivity index (χ2v) is 4.29. The highest BCUT2D eigenvalue weighted by molar-refractivity contribution is 9.10. The van der Waals surface area contributed by atoms with Gasteiger partial charge >= 0.3 is 6.09 Å². The molecule has 0 fully saturated rings. The van der Waals surface area contributed by atoms with Crippen LogP contribution in [0.4, 0.5) is 14.9 Å². The highest BCUT2D eigenvalue weighted by Gasteiger charge is 2.23. The van der Waals surface area contributed by atoms with E-state index < -0.39 is 11.9 Å². The number of carboxylic acid groups (broad SMARTS) is 1. The van der Waals surface area contributed by atoms with Crippen molar-refractivity contribution in [1.82, 2.24) is 0 Å². The molecule has 1 aliphatic rings. The van der Waals surface area contributed by atoms with Crippen molar-refractivity contribution in [2.75, 3.05) is 11.4 Å². The van der Waals surface area contributed by atoms with Crippen molar-refractivity contribution in [3.05, 3.63) is 28.0 Å². The number of halogens is 2. The third-order valence-corrected chi connectivity index (χ3v) is 3.08. The van der Waals surface area contributed by atoms with Crippen LogP contribution in [0, 0.1) is 5.82 Å². The molecule has 0 saturated carbocycles. The highest BCUT2D eigenvalue weighted by atomic mass is 79.9. The minimum atomic E-state index is -1.03. The topological polar surface area (TPSA) is 40.5 Å². The fourth-order valence-electron chi connectivity index (χ4n) is 1.78. The van der Waals surface area contributed by atoms with E-state index in [1.54, 1.807) is 6.07 Å². The van der Waals surface area contributed by atoms with Gasteiger partial charge in [-0.2, -0.15) is 0 Å². The lowest BCUT2D eigenvalue weighted by atomic mass is 10.0. The maximum Gasteiger partial charge on any atom is 0.411 e. The van der Waals surface area contributed by atoms with E-state index >= 15 is 0 Å². The van der Waals surface area contributed by atoms with Gasteiger partial charge in [0.25, 0.3) is 0 Å². The molecule has 0 bridgehead atoms. The molecule has 1 aromatic rings. The maximum atomic E-state index is 13.3. The minimum absolute atomic E-state index is 0.383. The third kappa shape index (κ3) is 1.84. The molecule has 0 radical (unpaired) electrons. The first kappa shape index (κ1) is 10.4. The number of hydrogen-bond donors (Lipinski definition) is 1. The summed E-state index contributed by atoms with van der Waals surface area (Å²) in [5, 5.41) is 8.94. The number of benzene rings is 1. The van der Waals surface area contributed by atoms with Gasteiger partial charge in [0.05, 0.1) is 10.2 Å². The predicted molar refractivity (Wildman–Crippen MR) is 57.8 cm³/mol. The van der Waals surface area contributed by atoms with E-state index in [-0.39, 0.29) is 0 Å². The Morgan fingerprint density at radius 3 is 2.93 bits per heavy atom. The van der Waals surface area contributed by atoms with Crippen LogP contribution >= 0.6 is 15.9 Å². The van der Waals surface area contributed by atoms with Crippen LogP contribution in [0.5, 0.6) is 0 Å². The molecule has 3 nitrogen and oxygen atoms in total. The zero-order valence-electron chi connectivity index (χ0n) is 7.83. The highest BCUT2D eigenvalue weighted by Crippen LogP contribution is 2.31. The molecular weight excluding hydrogens is 265 g/mol. The first-order valence-electron chi connectivity index (χ1n) is 4.58. The van der Waals surface area contributed by atoms with Gasteiger partial charge in [-0.15, -0.1) is 0 Å². The maximum absolute atomic E-state index is 13.3. The standard InChI is InChI=1S/C10H9BrFNO2/c11-7-4-6-2-1-3-13(10(14)15)9(6)5-8(7)12/h4-5H,1-3H2,(H,14,15). The average molecular weight is 274 g/mol. The summed E-state index contributed by atoms with van der Waals surface area (Å²) >= 11 is 3.09. The monoisotopic (exact) mass is 273 g/mol. The lowest BCUT2D eigenvalue weighted by Crippen LogP contribution is -2.34. The van der Waals surface area contributed by atoms with Crippen molar-refractivity contribution in [2.24, 2.45) is 0 Å². The van der Waals surface area contributed by atoms with Gasteiger partial charge in [0, 0.05) is 6.54 Å². The van der Waals surface area contributed by atoms with Gasteiger partial charge in [0.2, 0.25) is 0 Å². The average Bonchev–Trinajstić information content (AvgIpc) is 2.18. The summed E-state index contributed by atoms with van der Waals surface area (Å²) in [5.74, 6) is -0.429. The van der Waals surface area contributed by atoms with Crippen molar-refractivity contribution in [3.8, 4) is 0 Å². The van der Waals surface area contributed by atoms with Crippen molar-refractivity contribution in [1.29, 1.82) is 0 Å². The molecule has 2 rings (SSSR count). The van der Waals surface area contributed by atoms with E-state index in [1.165, 1.54) is 11.0 Å². The zero-order valence-corrected chi connectivity index (χ0v) is 9.42. The van der Waals surface area contributed by atoms with E-state index in [0.29, 0.717) is 16.7 Å². The first-order chi connectivity index (χ1) is 7.09. The smallest absolute Gasteiger partial charge is 0.411 e. The van der Waals surface area contributed by atoms with Crippen LogP contribution in [0.1, 0.15) is 12.0 Å². The Balaban J connectivity index is 2.51. The number of carbonyl (C=O) groups is 1. The third-order valence-electron chi connectivity index (χ3n) is 2.47. The molecule has 1 aromatic carbocycles. The van der Waals surface area contributed by atoms with Crippen molar-refractivity contribution in [2.45, 2.75) is 12.8 Å². The predicted octanol–water partition coefficient (Wildman–Crippen LogP) is 3.02. The number of amides is 1. The summed E-state index contributed by atoms with van der Waals surface area (Å²) in [7, 11) is 0. The number of anilines is 1. The lowest BCUT2D eigenvalue weighted by molar-refractivity contribution is 0.201. The summed E-state index contributed by atoms with van der Waals surface area (Å²) in [5.41, 5.74) is 1.34. The van der Waals surface area contributed by atoms with E-state index in [2.05, 4.69) is 15.9 Å². The molecule has 15 heavy (non-hydrogen) atoms. The fourth-order valence-corrected chi connectivity index (χ4v) is 2.17. The second-order valence-electron chi connectivity index (χ2n) is 3.43. The summed E-state index contributed by atoms with van der Waals surface area (Å²) in [4.78, 5) is 12.1. The van der Waals surface area contributed by atoms with Gasteiger partial charge in [-0.25, -0.2) is 9.18 Å².